The molecule has 0 bridgehead atoms. The predicted molar refractivity (Wildman–Crippen MR) is 108 cm³/mol. The highest BCUT2D eigenvalue weighted by Gasteiger charge is 2.45. The summed E-state index contributed by atoms with van der Waals surface area (Å²) in [6.07, 6.45) is 0. The van der Waals surface area contributed by atoms with E-state index in [9.17, 15) is 0 Å². The number of hydrogen-bond donors (Lipinski definition) is 1. The van der Waals surface area contributed by atoms with Crippen LogP contribution < -0.4 is 5.73 Å². The fraction of sp³-hybridized carbons (Fsp3) is 0.0400. The van der Waals surface area contributed by atoms with E-state index in [-0.39, 0.29) is 5.41 Å². The maximum atomic E-state index is 6.15. The first kappa shape index (κ1) is 15.0. The third kappa shape index (κ3) is 1.91. The summed E-state index contributed by atoms with van der Waals surface area (Å²) in [5.41, 5.74) is 14.3. The Bertz CT molecular complexity index is 1040. The molecule has 0 radical (unpaired) electrons. The van der Waals surface area contributed by atoms with E-state index in [1.165, 1.54) is 33.4 Å². The number of nitrogens with two attached hydrogens (primary N) is 1. The number of nitrogen functional groups attached to an aromatic ring is 1. The minimum absolute atomic E-state index is 0.317. The van der Waals surface area contributed by atoms with Gasteiger partial charge in [-0.3, -0.25) is 0 Å². The molecular formula is C25H19N. The molecule has 0 atom stereocenters. The molecule has 26 heavy (non-hydrogen) atoms. The lowest BCUT2D eigenvalue weighted by molar-refractivity contribution is 0.768. The third-order valence-corrected chi connectivity index (χ3v) is 5.48. The Hall–Kier alpha value is -3.32. The second kappa shape index (κ2) is 5.60. The molecule has 4 aromatic carbocycles. The van der Waals surface area contributed by atoms with Crippen LogP contribution in [-0.2, 0) is 5.41 Å². The third-order valence-electron chi connectivity index (χ3n) is 5.48. The molecule has 1 aliphatic carbocycles. The molecule has 1 aliphatic rings. The van der Waals surface area contributed by atoms with E-state index >= 15 is 0 Å². The van der Waals surface area contributed by atoms with E-state index < -0.39 is 0 Å². The summed E-state index contributed by atoms with van der Waals surface area (Å²) in [6, 6.07) is 36.6. The van der Waals surface area contributed by atoms with Gasteiger partial charge in [-0.15, -0.1) is 0 Å². The van der Waals surface area contributed by atoms with Gasteiger partial charge in [-0.05, 0) is 45.5 Å². The number of anilines is 1. The van der Waals surface area contributed by atoms with Crippen LogP contribution in [0.4, 0.5) is 5.69 Å². The summed E-state index contributed by atoms with van der Waals surface area (Å²) < 4.78 is 0. The highest BCUT2D eigenvalue weighted by Crippen LogP contribution is 2.56. The summed E-state index contributed by atoms with van der Waals surface area (Å²) in [6.45, 7) is 0. The summed E-state index contributed by atoms with van der Waals surface area (Å²) in [5.74, 6) is 0. The molecule has 0 fully saturated rings. The second-order valence-corrected chi connectivity index (χ2v) is 6.83. The van der Waals surface area contributed by atoms with E-state index in [1.807, 2.05) is 6.07 Å². The minimum atomic E-state index is -0.317. The van der Waals surface area contributed by atoms with Gasteiger partial charge in [0.1, 0.15) is 0 Å². The highest BCUT2D eigenvalue weighted by atomic mass is 14.6. The smallest absolute Gasteiger partial charge is 0.0713 e. The Morgan fingerprint density at radius 3 is 1.69 bits per heavy atom. The van der Waals surface area contributed by atoms with Gasteiger partial charge in [-0.25, -0.2) is 0 Å². The molecule has 5 rings (SSSR count). The van der Waals surface area contributed by atoms with Crippen LogP contribution in [0.3, 0.4) is 0 Å². The monoisotopic (exact) mass is 333 g/mol. The SMILES string of the molecule is Nc1ccc2c(c1)-c1ccccc1C2(c1ccccc1)c1ccccc1. The number of benzene rings is 4. The van der Waals surface area contributed by atoms with E-state index in [1.54, 1.807) is 0 Å². The molecule has 0 unspecified atom stereocenters. The van der Waals surface area contributed by atoms with Gasteiger partial charge in [0, 0.05) is 5.69 Å². The molecule has 2 N–H and O–H groups in total. The first-order valence-electron chi connectivity index (χ1n) is 8.93. The first-order chi connectivity index (χ1) is 12.8. The van der Waals surface area contributed by atoms with Gasteiger partial charge in [-0.2, -0.15) is 0 Å². The first-order valence-corrected chi connectivity index (χ1v) is 8.93. The Morgan fingerprint density at radius 2 is 1.04 bits per heavy atom. The van der Waals surface area contributed by atoms with Crippen LogP contribution in [0.5, 0.6) is 0 Å². The summed E-state index contributed by atoms with van der Waals surface area (Å²) in [7, 11) is 0. The lowest BCUT2D eigenvalue weighted by Gasteiger charge is -2.33. The van der Waals surface area contributed by atoms with Crippen molar-refractivity contribution in [1.82, 2.24) is 0 Å². The Balaban J connectivity index is 1.98. The molecule has 1 heteroatoms. The molecule has 0 amide bonds. The summed E-state index contributed by atoms with van der Waals surface area (Å²) in [5, 5.41) is 0. The summed E-state index contributed by atoms with van der Waals surface area (Å²) >= 11 is 0. The van der Waals surface area contributed by atoms with Crippen molar-refractivity contribution in [1.29, 1.82) is 0 Å². The van der Waals surface area contributed by atoms with E-state index in [4.69, 9.17) is 5.73 Å². The molecule has 0 aliphatic heterocycles. The van der Waals surface area contributed by atoms with Crippen molar-refractivity contribution < 1.29 is 0 Å². The maximum absolute atomic E-state index is 6.15. The van der Waals surface area contributed by atoms with Crippen LogP contribution in [0.15, 0.2) is 103 Å². The quantitative estimate of drug-likeness (QED) is 0.416. The van der Waals surface area contributed by atoms with Crippen LogP contribution in [-0.4, -0.2) is 0 Å². The minimum Gasteiger partial charge on any atom is -0.399 e. The van der Waals surface area contributed by atoms with Crippen molar-refractivity contribution in [2.45, 2.75) is 5.41 Å². The number of hydrogen-bond acceptors (Lipinski definition) is 1. The molecule has 0 saturated heterocycles. The van der Waals surface area contributed by atoms with Crippen molar-refractivity contribution in [3.05, 3.63) is 125 Å². The summed E-state index contributed by atoms with van der Waals surface area (Å²) in [4.78, 5) is 0. The zero-order valence-electron chi connectivity index (χ0n) is 14.4. The van der Waals surface area contributed by atoms with Crippen molar-refractivity contribution >= 4 is 5.69 Å². The van der Waals surface area contributed by atoms with E-state index in [0.717, 1.165) is 5.69 Å². The van der Waals surface area contributed by atoms with Crippen LogP contribution in [0.1, 0.15) is 22.3 Å². The van der Waals surface area contributed by atoms with Crippen LogP contribution in [0, 0.1) is 0 Å². The van der Waals surface area contributed by atoms with E-state index in [0.29, 0.717) is 0 Å². The highest BCUT2D eigenvalue weighted by molar-refractivity contribution is 5.87. The average molecular weight is 333 g/mol. The van der Waals surface area contributed by atoms with Gasteiger partial charge in [0.2, 0.25) is 0 Å². The second-order valence-electron chi connectivity index (χ2n) is 6.83. The van der Waals surface area contributed by atoms with Gasteiger partial charge in [0.05, 0.1) is 5.41 Å². The predicted octanol–water partition coefficient (Wildman–Crippen LogP) is 5.63. The topological polar surface area (TPSA) is 26.0 Å². The molecule has 0 saturated carbocycles. The molecule has 0 spiro atoms. The van der Waals surface area contributed by atoms with Gasteiger partial charge in [-0.1, -0.05) is 91.0 Å². The lowest BCUT2D eigenvalue weighted by Crippen LogP contribution is -2.28. The van der Waals surface area contributed by atoms with Crippen molar-refractivity contribution in [2.24, 2.45) is 0 Å². The zero-order valence-corrected chi connectivity index (χ0v) is 14.4. The van der Waals surface area contributed by atoms with Gasteiger partial charge >= 0.3 is 0 Å². The van der Waals surface area contributed by atoms with Gasteiger partial charge in [0.15, 0.2) is 0 Å². The van der Waals surface area contributed by atoms with Gasteiger partial charge in [0.25, 0.3) is 0 Å². The zero-order chi connectivity index (χ0) is 17.6. The lowest BCUT2D eigenvalue weighted by atomic mass is 9.68. The molecule has 0 heterocycles. The number of rotatable bonds is 2. The Morgan fingerprint density at radius 1 is 0.500 bits per heavy atom. The van der Waals surface area contributed by atoms with Crippen LogP contribution in [0.2, 0.25) is 0 Å². The van der Waals surface area contributed by atoms with E-state index in [2.05, 4.69) is 97.1 Å². The fourth-order valence-electron chi connectivity index (χ4n) is 4.47. The Kier molecular flexibility index (Phi) is 3.23. The van der Waals surface area contributed by atoms with Crippen LogP contribution >= 0.6 is 0 Å². The molecule has 1 nitrogen and oxygen atoms in total. The number of fused-ring (bicyclic) bond motifs is 3. The van der Waals surface area contributed by atoms with Gasteiger partial charge < -0.3 is 5.73 Å². The van der Waals surface area contributed by atoms with Crippen molar-refractivity contribution in [3.8, 4) is 11.1 Å². The van der Waals surface area contributed by atoms with Crippen molar-refractivity contribution in [3.63, 3.8) is 0 Å². The fourth-order valence-corrected chi connectivity index (χ4v) is 4.47. The molecule has 0 aromatic heterocycles. The molecule has 124 valence electrons. The Labute approximate surface area is 153 Å². The van der Waals surface area contributed by atoms with Crippen molar-refractivity contribution in [2.75, 3.05) is 5.73 Å². The largest absolute Gasteiger partial charge is 0.399 e. The normalized spacial score (nSPS) is 13.8. The average Bonchev–Trinajstić information content (AvgIpc) is 3.00. The standard InChI is InChI=1S/C25H19N/c26-20-15-16-24-22(17-20)21-13-7-8-14-23(21)25(24,18-9-3-1-4-10-18)19-11-5-2-6-12-19/h1-17H,26H2. The molecular weight excluding hydrogens is 314 g/mol. The maximum Gasteiger partial charge on any atom is 0.0713 e. The van der Waals surface area contributed by atoms with Crippen LogP contribution in [0.25, 0.3) is 11.1 Å². The molecule has 4 aromatic rings.